The summed E-state index contributed by atoms with van der Waals surface area (Å²) in [6, 6.07) is 4.05. The number of diazo groups is 1. The molecule has 188 valence electrons. The van der Waals surface area contributed by atoms with E-state index in [9.17, 15) is 79.2 Å². The van der Waals surface area contributed by atoms with Crippen molar-refractivity contribution < 1.29 is 74.0 Å². The Morgan fingerprint density at radius 2 is 0.969 bits per heavy atom. The van der Waals surface area contributed by atoms with Gasteiger partial charge in [0.1, 0.15) is 0 Å². The maximum atomic E-state index is 10.3. The molecule has 0 fully saturated rings. The number of non-ortho nitro benzene ring substituents is 1. The van der Waals surface area contributed by atoms with Gasteiger partial charge in [-0.15, -0.1) is 0 Å². The zero-order chi connectivity index (χ0) is 27.1. The lowest BCUT2D eigenvalue weighted by molar-refractivity contribution is -0.384. The highest BCUT2D eigenvalue weighted by Crippen LogP contribution is 2.23. The third kappa shape index (κ3) is 71.2. The topological polar surface area (TPSA) is 71.3 Å². The van der Waals surface area contributed by atoms with Crippen molar-refractivity contribution in [2.45, 2.75) is 6.92 Å². The summed E-state index contributed by atoms with van der Waals surface area (Å²) in [5.74, 6) is 0. The van der Waals surface area contributed by atoms with E-state index in [0.717, 1.165) is 0 Å². The number of rotatable bonds is 1. The van der Waals surface area contributed by atoms with Gasteiger partial charge in [-0.05, 0) is 6.92 Å². The number of nitro groups is 1. The summed E-state index contributed by atoms with van der Waals surface area (Å²) in [5.41, 5.74) is 0.923. The smallest absolute Gasteiger partial charge is 0.418 e. The second kappa shape index (κ2) is 15.1. The van der Waals surface area contributed by atoms with E-state index in [-0.39, 0.29) is 5.69 Å². The van der Waals surface area contributed by atoms with E-state index in [1.807, 2.05) is 0 Å². The van der Waals surface area contributed by atoms with Crippen LogP contribution in [0.2, 0.25) is 0 Å². The summed E-state index contributed by atoms with van der Waals surface area (Å²) < 4.78 is 156. The molecule has 0 saturated heterocycles. The average molecular weight is 511 g/mol. The molecule has 0 radical (unpaired) electrons. The number of nitro benzene ring substituents is 1. The Bertz CT molecular complexity index is 640. The first kappa shape index (κ1) is 36.5. The van der Waals surface area contributed by atoms with Gasteiger partial charge in [0.25, 0.3) is 5.69 Å². The summed E-state index contributed by atoms with van der Waals surface area (Å²) in [6.07, 6.45) is 0. The number of hydrogen-bond donors (Lipinski definition) is 0. The predicted octanol–water partition coefficient (Wildman–Crippen LogP) is 7.59. The number of halogens is 16. The first-order valence-electron chi connectivity index (χ1n) is 6.74. The molecule has 0 unspecified atom stereocenters. The van der Waals surface area contributed by atoms with E-state index < -0.39 is 33.9 Å². The number of aryl methyl sites for hydroxylation is 1. The van der Waals surface area contributed by atoms with Crippen LogP contribution >= 0.6 is 0 Å². The molecule has 32 heavy (non-hydrogen) atoms. The molecule has 0 heterocycles. The summed E-state index contributed by atoms with van der Waals surface area (Å²) in [5, 5.41) is 18.7. The van der Waals surface area contributed by atoms with Crippen molar-refractivity contribution in [2.75, 3.05) is 0 Å². The third-order valence-corrected chi connectivity index (χ3v) is 1.50. The van der Waals surface area contributed by atoms with Gasteiger partial charge in [0.2, 0.25) is 5.39 Å². The van der Waals surface area contributed by atoms with Gasteiger partial charge in [0.15, 0.2) is 4.98 Å². The van der Waals surface area contributed by atoms with Crippen LogP contribution in [0.15, 0.2) is 18.2 Å². The molecule has 0 aliphatic heterocycles. The highest BCUT2D eigenvalue weighted by molar-refractivity contribution is 6.50. The third-order valence-electron chi connectivity index (χ3n) is 1.50. The van der Waals surface area contributed by atoms with Crippen LogP contribution < -0.4 is 0 Å². The standard InChI is InChI=1S/C7H6N3O2.4BF4/c1-5-4-6(10(11)12)2-3-7(5)9-8;4*2-1(3,4)5/h2-4H,1H3;;;;/q+1;4*-1. The van der Waals surface area contributed by atoms with Crippen molar-refractivity contribution in [3.8, 4) is 0 Å². The lowest BCUT2D eigenvalue weighted by Gasteiger charge is -1.94. The number of nitrogens with zero attached hydrogens (tertiary/aromatic N) is 3. The van der Waals surface area contributed by atoms with Crippen molar-refractivity contribution in [3.63, 3.8) is 0 Å². The van der Waals surface area contributed by atoms with Crippen LogP contribution in [0.3, 0.4) is 0 Å². The molecule has 0 spiro atoms. The molecule has 0 aromatic heterocycles. The second-order valence-electron chi connectivity index (χ2n) is 4.31. The molecular weight excluding hydrogens is 505 g/mol. The molecule has 0 N–H and O–H groups in total. The van der Waals surface area contributed by atoms with E-state index in [4.69, 9.17) is 5.39 Å². The maximum absolute atomic E-state index is 10.3. The minimum atomic E-state index is -6.00. The van der Waals surface area contributed by atoms with Gasteiger partial charge in [-0.3, -0.25) is 10.1 Å². The van der Waals surface area contributed by atoms with Crippen molar-refractivity contribution in [2.24, 2.45) is 0 Å². The fraction of sp³-hybridized carbons (Fsp3) is 0.143. The van der Waals surface area contributed by atoms with Crippen LogP contribution in [-0.4, -0.2) is 33.9 Å². The highest BCUT2D eigenvalue weighted by atomic mass is 19.5. The van der Waals surface area contributed by atoms with Crippen molar-refractivity contribution >= 4 is 40.4 Å². The lowest BCUT2D eigenvalue weighted by atomic mass is 10.2. The fourth-order valence-electron chi connectivity index (χ4n) is 0.865. The fourth-order valence-corrected chi connectivity index (χ4v) is 0.865. The quantitative estimate of drug-likeness (QED) is 0.128. The second-order valence-corrected chi connectivity index (χ2v) is 4.31. The lowest BCUT2D eigenvalue weighted by Crippen LogP contribution is -2.02. The Balaban J connectivity index is -0.000000167. The zero-order valence-electron chi connectivity index (χ0n) is 14.7. The van der Waals surface area contributed by atoms with Crippen molar-refractivity contribution in [3.05, 3.63) is 38.9 Å². The van der Waals surface area contributed by atoms with Gasteiger partial charge in [-0.25, -0.2) is 0 Å². The van der Waals surface area contributed by atoms with Crippen LogP contribution in [0.25, 0.3) is 4.98 Å². The molecule has 1 rings (SSSR count). The summed E-state index contributed by atoms with van der Waals surface area (Å²) in [4.78, 5) is 12.7. The first-order chi connectivity index (χ1) is 13.6. The van der Waals surface area contributed by atoms with Crippen LogP contribution in [-0.2, 0) is 0 Å². The largest absolute Gasteiger partial charge is 0.673 e. The Morgan fingerprint density at radius 1 is 0.719 bits per heavy atom. The van der Waals surface area contributed by atoms with Crippen LogP contribution in [0.5, 0.6) is 0 Å². The molecule has 0 saturated carbocycles. The molecule has 0 bridgehead atoms. The minimum absolute atomic E-state index is 0.0000926. The summed E-state index contributed by atoms with van der Waals surface area (Å²) in [7, 11) is -24.0. The monoisotopic (exact) mass is 512 g/mol. The van der Waals surface area contributed by atoms with Gasteiger partial charge in [-0.2, -0.15) is 0 Å². The Morgan fingerprint density at radius 3 is 1.12 bits per heavy atom. The maximum Gasteiger partial charge on any atom is 0.673 e. The number of benzene rings is 1. The van der Waals surface area contributed by atoms with E-state index in [1.165, 1.54) is 18.2 Å². The molecule has 0 aliphatic carbocycles. The SMILES string of the molecule is Cc1cc([N+](=O)[O-])ccc1[N+]#N.F[B-](F)(F)F.F[B-](F)(F)F.F[B-](F)(F)F.F[B-](F)(F)F. The summed E-state index contributed by atoms with van der Waals surface area (Å²) in [6.45, 7) is 1.64. The van der Waals surface area contributed by atoms with Gasteiger partial charge in [0, 0.05) is 18.2 Å². The van der Waals surface area contributed by atoms with Gasteiger partial charge in [0.05, 0.1) is 10.5 Å². The molecular formula is C7H6B4F16N3O2-3. The number of hydrogen-bond acceptors (Lipinski definition) is 3. The molecule has 5 nitrogen and oxygen atoms in total. The molecule has 1 aromatic carbocycles. The van der Waals surface area contributed by atoms with E-state index in [2.05, 4.69) is 4.98 Å². The molecule has 0 aliphatic rings. The van der Waals surface area contributed by atoms with Gasteiger partial charge >= 0.3 is 34.7 Å². The average Bonchev–Trinajstić information content (AvgIpc) is 2.39. The van der Waals surface area contributed by atoms with Crippen LogP contribution in [0, 0.1) is 22.4 Å². The van der Waals surface area contributed by atoms with Crippen molar-refractivity contribution in [1.82, 2.24) is 0 Å². The van der Waals surface area contributed by atoms with Crippen molar-refractivity contribution in [1.29, 1.82) is 5.39 Å². The first-order valence-corrected chi connectivity index (χ1v) is 6.74. The Labute approximate surface area is 167 Å². The molecule has 0 atom stereocenters. The van der Waals surface area contributed by atoms with Gasteiger partial charge in [-0.1, -0.05) is 0 Å². The zero-order valence-corrected chi connectivity index (χ0v) is 14.7. The van der Waals surface area contributed by atoms with Crippen LogP contribution in [0.4, 0.5) is 80.4 Å². The van der Waals surface area contributed by atoms with E-state index in [0.29, 0.717) is 11.3 Å². The van der Waals surface area contributed by atoms with Gasteiger partial charge < -0.3 is 69.1 Å². The Kier molecular flexibility index (Phi) is 17.2. The molecule has 0 amide bonds. The van der Waals surface area contributed by atoms with E-state index in [1.54, 1.807) is 6.92 Å². The highest BCUT2D eigenvalue weighted by Gasteiger charge is 2.22. The molecule has 25 heteroatoms. The van der Waals surface area contributed by atoms with Crippen LogP contribution in [0.1, 0.15) is 5.56 Å². The molecule has 1 aromatic rings. The minimum Gasteiger partial charge on any atom is -0.418 e. The van der Waals surface area contributed by atoms with E-state index >= 15 is 0 Å². The summed E-state index contributed by atoms with van der Waals surface area (Å²) >= 11 is 0. The predicted molar refractivity (Wildman–Crippen MR) is 83.3 cm³/mol. The Hall–Kier alpha value is -2.82. The normalized spacial score (nSPS) is 10.9.